The molecule has 0 saturated carbocycles. The maximum Gasteiger partial charge on any atom is 0.328 e. The number of aromatic nitrogens is 2. The van der Waals surface area contributed by atoms with Gasteiger partial charge in [-0.1, -0.05) is 6.07 Å². The van der Waals surface area contributed by atoms with Crippen LogP contribution in [0, 0.1) is 5.82 Å². The number of amides is 1. The highest BCUT2D eigenvalue weighted by Crippen LogP contribution is 2.13. The van der Waals surface area contributed by atoms with Gasteiger partial charge in [0.05, 0.1) is 12.6 Å². The van der Waals surface area contributed by atoms with Crippen molar-refractivity contribution in [1.82, 2.24) is 9.55 Å². The quantitative estimate of drug-likeness (QED) is 0.876. The third-order valence-electron chi connectivity index (χ3n) is 3.80. The lowest BCUT2D eigenvalue weighted by Gasteiger charge is -2.12. The van der Waals surface area contributed by atoms with Crippen LogP contribution in [0.3, 0.4) is 0 Å². The Morgan fingerprint density at radius 3 is 2.96 bits per heavy atom. The molecule has 0 spiro atoms. The van der Waals surface area contributed by atoms with E-state index in [1.807, 2.05) is 0 Å². The van der Waals surface area contributed by atoms with Crippen molar-refractivity contribution in [3.05, 3.63) is 62.7 Å². The van der Waals surface area contributed by atoms with Crippen LogP contribution in [0.15, 0.2) is 40.1 Å². The molecule has 1 aromatic carbocycles. The molecule has 1 aliphatic rings. The number of ether oxygens (including phenoxy) is 1. The van der Waals surface area contributed by atoms with Crippen LogP contribution in [-0.4, -0.2) is 28.2 Å². The number of benzene rings is 1. The molecule has 0 bridgehead atoms. The Morgan fingerprint density at radius 2 is 2.25 bits per heavy atom. The molecule has 0 radical (unpaired) electrons. The maximum absolute atomic E-state index is 13.2. The Morgan fingerprint density at radius 1 is 1.42 bits per heavy atom. The van der Waals surface area contributed by atoms with Gasteiger partial charge in [0.15, 0.2) is 0 Å². The fourth-order valence-electron chi connectivity index (χ4n) is 2.60. The van der Waals surface area contributed by atoms with E-state index in [9.17, 15) is 18.8 Å². The molecule has 8 heteroatoms. The van der Waals surface area contributed by atoms with Crippen molar-refractivity contribution in [2.45, 2.75) is 25.5 Å². The summed E-state index contributed by atoms with van der Waals surface area (Å²) in [5.41, 5.74) is -1.31. The number of carbonyl (C=O) groups excluding carboxylic acids is 1. The Bertz CT molecular complexity index is 868. The summed E-state index contributed by atoms with van der Waals surface area (Å²) in [5.74, 6) is -1.23. The van der Waals surface area contributed by atoms with Gasteiger partial charge in [0.1, 0.15) is 11.4 Å². The molecular weight excluding hydrogens is 317 g/mol. The SMILES string of the molecule is O=C(Nc1cccc(F)c1)c1c[nH]c(=O)n(CC2CCCO2)c1=O. The summed E-state index contributed by atoms with van der Waals surface area (Å²) in [7, 11) is 0. The second-order valence-electron chi connectivity index (χ2n) is 5.52. The normalized spacial score (nSPS) is 17.0. The van der Waals surface area contributed by atoms with E-state index in [0.29, 0.717) is 6.61 Å². The molecule has 24 heavy (non-hydrogen) atoms. The fourth-order valence-corrected chi connectivity index (χ4v) is 2.60. The Labute approximate surface area is 136 Å². The van der Waals surface area contributed by atoms with Gasteiger partial charge in [-0.3, -0.25) is 14.2 Å². The van der Waals surface area contributed by atoms with E-state index in [0.717, 1.165) is 29.7 Å². The van der Waals surface area contributed by atoms with E-state index in [4.69, 9.17) is 4.74 Å². The number of rotatable bonds is 4. The van der Waals surface area contributed by atoms with E-state index in [1.54, 1.807) is 0 Å². The van der Waals surface area contributed by atoms with Gasteiger partial charge < -0.3 is 15.0 Å². The lowest BCUT2D eigenvalue weighted by atomic mass is 10.2. The number of nitrogens with one attached hydrogen (secondary N) is 2. The smallest absolute Gasteiger partial charge is 0.328 e. The number of hydrogen-bond donors (Lipinski definition) is 2. The second-order valence-corrected chi connectivity index (χ2v) is 5.52. The molecule has 2 heterocycles. The average Bonchev–Trinajstić information content (AvgIpc) is 3.04. The van der Waals surface area contributed by atoms with Gasteiger partial charge in [-0.2, -0.15) is 0 Å². The number of carbonyl (C=O) groups is 1. The third kappa shape index (κ3) is 3.43. The van der Waals surface area contributed by atoms with Crippen molar-refractivity contribution < 1.29 is 13.9 Å². The minimum Gasteiger partial charge on any atom is -0.376 e. The molecular formula is C16H16FN3O4. The average molecular weight is 333 g/mol. The highest BCUT2D eigenvalue weighted by atomic mass is 19.1. The van der Waals surface area contributed by atoms with E-state index in [1.165, 1.54) is 18.2 Å². The summed E-state index contributed by atoms with van der Waals surface area (Å²) in [6.07, 6.45) is 2.47. The number of nitrogens with zero attached hydrogens (tertiary/aromatic N) is 1. The van der Waals surface area contributed by atoms with Crippen molar-refractivity contribution >= 4 is 11.6 Å². The van der Waals surface area contributed by atoms with Crippen LogP contribution in [0.4, 0.5) is 10.1 Å². The lowest BCUT2D eigenvalue weighted by Crippen LogP contribution is -2.41. The number of H-pyrrole nitrogens is 1. The second kappa shape index (κ2) is 6.79. The predicted octanol–water partition coefficient (Wildman–Crippen LogP) is 1.11. The summed E-state index contributed by atoms with van der Waals surface area (Å²) in [6.45, 7) is 0.687. The molecule has 1 aliphatic heterocycles. The maximum atomic E-state index is 13.2. The minimum atomic E-state index is -0.719. The first-order valence-electron chi connectivity index (χ1n) is 7.55. The van der Waals surface area contributed by atoms with Crippen LogP contribution in [-0.2, 0) is 11.3 Å². The van der Waals surface area contributed by atoms with Crippen molar-refractivity contribution in [3.63, 3.8) is 0 Å². The zero-order chi connectivity index (χ0) is 17.1. The van der Waals surface area contributed by atoms with Crippen LogP contribution in [0.1, 0.15) is 23.2 Å². The van der Waals surface area contributed by atoms with Gasteiger partial charge >= 0.3 is 5.69 Å². The van der Waals surface area contributed by atoms with Gasteiger partial charge in [0, 0.05) is 18.5 Å². The third-order valence-corrected chi connectivity index (χ3v) is 3.80. The molecule has 1 unspecified atom stereocenters. The van der Waals surface area contributed by atoms with Gasteiger partial charge in [-0.05, 0) is 31.0 Å². The van der Waals surface area contributed by atoms with Gasteiger partial charge in [0.25, 0.3) is 11.5 Å². The summed E-state index contributed by atoms with van der Waals surface area (Å²) in [4.78, 5) is 38.9. The Balaban J connectivity index is 1.86. The highest BCUT2D eigenvalue weighted by Gasteiger charge is 2.20. The molecule has 1 amide bonds. The van der Waals surface area contributed by atoms with Crippen LogP contribution >= 0.6 is 0 Å². The zero-order valence-electron chi connectivity index (χ0n) is 12.8. The number of hydrogen-bond acceptors (Lipinski definition) is 4. The molecule has 1 atom stereocenters. The highest BCUT2D eigenvalue weighted by molar-refractivity contribution is 6.03. The first-order valence-corrected chi connectivity index (χ1v) is 7.55. The Hall–Kier alpha value is -2.74. The monoisotopic (exact) mass is 333 g/mol. The van der Waals surface area contributed by atoms with Crippen LogP contribution < -0.4 is 16.6 Å². The molecule has 1 saturated heterocycles. The molecule has 1 fully saturated rings. The van der Waals surface area contributed by atoms with Crippen molar-refractivity contribution in [1.29, 1.82) is 0 Å². The molecule has 3 rings (SSSR count). The van der Waals surface area contributed by atoms with Gasteiger partial charge in [0.2, 0.25) is 0 Å². The van der Waals surface area contributed by atoms with E-state index in [2.05, 4.69) is 10.3 Å². The first-order chi connectivity index (χ1) is 11.5. The Kier molecular flexibility index (Phi) is 4.57. The van der Waals surface area contributed by atoms with Crippen molar-refractivity contribution in [2.24, 2.45) is 0 Å². The minimum absolute atomic E-state index is 0.0925. The summed E-state index contributed by atoms with van der Waals surface area (Å²) < 4.78 is 19.5. The lowest BCUT2D eigenvalue weighted by molar-refractivity contribution is 0.0941. The van der Waals surface area contributed by atoms with Gasteiger partial charge in [-0.15, -0.1) is 0 Å². The zero-order valence-corrected chi connectivity index (χ0v) is 12.8. The number of aromatic amines is 1. The fraction of sp³-hybridized carbons (Fsp3) is 0.312. The topological polar surface area (TPSA) is 93.2 Å². The molecule has 2 N–H and O–H groups in total. The molecule has 1 aromatic heterocycles. The number of anilines is 1. The molecule has 7 nitrogen and oxygen atoms in total. The standard InChI is InChI=1S/C16H16FN3O4/c17-10-3-1-4-11(7-10)19-14(21)13-8-18-16(23)20(15(13)22)9-12-5-2-6-24-12/h1,3-4,7-8,12H,2,5-6,9H2,(H,18,23)(H,19,21). The van der Waals surface area contributed by atoms with E-state index >= 15 is 0 Å². The summed E-state index contributed by atoms with van der Waals surface area (Å²) in [5, 5.41) is 2.43. The van der Waals surface area contributed by atoms with Crippen LogP contribution in [0.2, 0.25) is 0 Å². The number of halogens is 1. The van der Waals surface area contributed by atoms with Crippen molar-refractivity contribution in [2.75, 3.05) is 11.9 Å². The molecule has 0 aliphatic carbocycles. The molecule has 126 valence electrons. The largest absolute Gasteiger partial charge is 0.376 e. The van der Waals surface area contributed by atoms with Crippen LogP contribution in [0.5, 0.6) is 0 Å². The first kappa shape index (κ1) is 16.1. The van der Waals surface area contributed by atoms with E-state index < -0.39 is 23.0 Å². The van der Waals surface area contributed by atoms with Crippen molar-refractivity contribution in [3.8, 4) is 0 Å². The predicted molar refractivity (Wildman–Crippen MR) is 84.6 cm³/mol. The molecule has 2 aromatic rings. The summed E-state index contributed by atoms with van der Waals surface area (Å²) in [6, 6.07) is 5.31. The van der Waals surface area contributed by atoms with E-state index in [-0.39, 0.29) is 23.9 Å². The van der Waals surface area contributed by atoms with Crippen LogP contribution in [0.25, 0.3) is 0 Å². The summed E-state index contributed by atoms with van der Waals surface area (Å²) >= 11 is 0. The van der Waals surface area contributed by atoms with Gasteiger partial charge in [-0.25, -0.2) is 9.18 Å².